The van der Waals surface area contributed by atoms with E-state index in [2.05, 4.69) is 22.7 Å². The van der Waals surface area contributed by atoms with E-state index in [0.717, 1.165) is 42.6 Å². The van der Waals surface area contributed by atoms with E-state index in [1.165, 1.54) is 12.8 Å². The number of hydrogen-bond acceptors (Lipinski definition) is 3. The van der Waals surface area contributed by atoms with Crippen molar-refractivity contribution < 1.29 is 4.79 Å². The molecule has 6 heteroatoms. The number of anilines is 1. The second-order valence-corrected chi connectivity index (χ2v) is 6.01. The molecular weight excluding hydrogens is 312 g/mol. The van der Waals surface area contributed by atoms with Crippen LogP contribution in [0.2, 0.25) is 0 Å². The van der Waals surface area contributed by atoms with Gasteiger partial charge in [0.1, 0.15) is 0 Å². The first-order valence-electron chi connectivity index (χ1n) is 8.22. The van der Waals surface area contributed by atoms with Gasteiger partial charge in [-0.15, -0.1) is 12.4 Å². The van der Waals surface area contributed by atoms with Gasteiger partial charge < -0.3 is 10.6 Å². The van der Waals surface area contributed by atoms with Crippen LogP contribution in [0.1, 0.15) is 32.6 Å². The molecular formula is C17H25ClN4O. The maximum atomic E-state index is 12.1. The number of carbonyl (C=O) groups is 1. The first-order chi connectivity index (χ1) is 10.8. The fourth-order valence-electron chi connectivity index (χ4n) is 3.13. The van der Waals surface area contributed by atoms with Gasteiger partial charge in [-0.25, -0.2) is 0 Å². The van der Waals surface area contributed by atoms with Crippen LogP contribution in [-0.4, -0.2) is 28.8 Å². The maximum Gasteiger partial charge on any atom is 0.224 e. The summed E-state index contributed by atoms with van der Waals surface area (Å²) in [6, 6.07) is 5.97. The van der Waals surface area contributed by atoms with E-state index in [1.54, 1.807) is 0 Å². The Labute approximate surface area is 143 Å². The molecule has 2 N–H and O–H groups in total. The molecule has 1 aliphatic rings. The molecule has 1 aromatic heterocycles. The minimum Gasteiger partial charge on any atom is -0.326 e. The number of halogens is 1. The molecule has 1 aliphatic heterocycles. The summed E-state index contributed by atoms with van der Waals surface area (Å²) in [6.07, 6.45) is 5.84. The SMILES string of the molecule is CCn1ncc2ccc(NC(=O)CCC3CCNCC3)cc21.Cl. The molecule has 0 bridgehead atoms. The normalized spacial score (nSPS) is 15.3. The van der Waals surface area contributed by atoms with Crippen molar-refractivity contribution in [2.75, 3.05) is 18.4 Å². The summed E-state index contributed by atoms with van der Waals surface area (Å²) in [7, 11) is 0. The van der Waals surface area contributed by atoms with Gasteiger partial charge in [0.25, 0.3) is 0 Å². The van der Waals surface area contributed by atoms with Crippen molar-refractivity contribution in [3.05, 3.63) is 24.4 Å². The fraction of sp³-hybridized carbons (Fsp3) is 0.529. The molecule has 0 saturated carbocycles. The number of fused-ring (bicyclic) bond motifs is 1. The number of rotatable bonds is 5. The Morgan fingerprint density at radius 3 is 2.91 bits per heavy atom. The zero-order chi connectivity index (χ0) is 15.4. The molecule has 5 nitrogen and oxygen atoms in total. The minimum atomic E-state index is 0. The van der Waals surface area contributed by atoms with Gasteiger partial charge in [0, 0.05) is 24.0 Å². The van der Waals surface area contributed by atoms with E-state index in [1.807, 2.05) is 29.1 Å². The van der Waals surface area contributed by atoms with Crippen LogP contribution in [0.5, 0.6) is 0 Å². The molecule has 1 aromatic carbocycles. The van der Waals surface area contributed by atoms with E-state index in [0.29, 0.717) is 12.3 Å². The Bertz CT molecular complexity index is 649. The summed E-state index contributed by atoms with van der Waals surface area (Å²) in [4.78, 5) is 12.1. The monoisotopic (exact) mass is 336 g/mol. The Morgan fingerprint density at radius 2 is 2.17 bits per heavy atom. The first-order valence-corrected chi connectivity index (χ1v) is 8.22. The summed E-state index contributed by atoms with van der Waals surface area (Å²) in [5.74, 6) is 0.802. The van der Waals surface area contributed by atoms with E-state index in [4.69, 9.17) is 0 Å². The summed E-state index contributed by atoms with van der Waals surface area (Å²) >= 11 is 0. The van der Waals surface area contributed by atoms with Crippen molar-refractivity contribution in [1.29, 1.82) is 0 Å². The lowest BCUT2D eigenvalue weighted by molar-refractivity contribution is -0.116. The van der Waals surface area contributed by atoms with E-state index in [-0.39, 0.29) is 18.3 Å². The molecule has 0 radical (unpaired) electrons. The van der Waals surface area contributed by atoms with Crippen molar-refractivity contribution in [3.8, 4) is 0 Å². The highest BCUT2D eigenvalue weighted by molar-refractivity contribution is 5.93. The minimum absolute atomic E-state index is 0. The van der Waals surface area contributed by atoms with E-state index >= 15 is 0 Å². The van der Waals surface area contributed by atoms with Gasteiger partial charge >= 0.3 is 0 Å². The van der Waals surface area contributed by atoms with Crippen LogP contribution in [0.15, 0.2) is 24.4 Å². The molecule has 1 fully saturated rings. The van der Waals surface area contributed by atoms with Gasteiger partial charge in [0.05, 0.1) is 11.7 Å². The number of hydrogen-bond donors (Lipinski definition) is 2. The van der Waals surface area contributed by atoms with Crippen LogP contribution < -0.4 is 10.6 Å². The van der Waals surface area contributed by atoms with E-state index < -0.39 is 0 Å². The quantitative estimate of drug-likeness (QED) is 0.881. The zero-order valence-corrected chi connectivity index (χ0v) is 14.4. The number of nitrogens with one attached hydrogen (secondary N) is 2. The average Bonchev–Trinajstić information content (AvgIpc) is 2.96. The number of amides is 1. The lowest BCUT2D eigenvalue weighted by atomic mass is 9.93. The van der Waals surface area contributed by atoms with Crippen LogP contribution in [0.4, 0.5) is 5.69 Å². The molecule has 2 heterocycles. The summed E-state index contributed by atoms with van der Waals surface area (Å²) in [6.45, 7) is 5.07. The van der Waals surface area contributed by atoms with E-state index in [9.17, 15) is 4.79 Å². The molecule has 1 amide bonds. The molecule has 23 heavy (non-hydrogen) atoms. The van der Waals surface area contributed by atoms with Crippen LogP contribution in [0.3, 0.4) is 0 Å². The zero-order valence-electron chi connectivity index (χ0n) is 13.5. The van der Waals surface area contributed by atoms with Gasteiger partial charge in [-0.05, 0) is 63.4 Å². The lowest BCUT2D eigenvalue weighted by Gasteiger charge is -2.22. The molecule has 0 atom stereocenters. The molecule has 0 spiro atoms. The molecule has 126 valence electrons. The third-order valence-corrected chi connectivity index (χ3v) is 4.47. The first kappa shape index (κ1) is 17.8. The van der Waals surface area contributed by atoms with Crippen molar-refractivity contribution in [2.45, 2.75) is 39.2 Å². The Morgan fingerprint density at radius 1 is 1.39 bits per heavy atom. The highest BCUT2D eigenvalue weighted by Crippen LogP contribution is 2.21. The molecule has 1 saturated heterocycles. The predicted octanol–water partition coefficient (Wildman–Crippen LogP) is 3.20. The Balaban J connectivity index is 0.00000192. The molecule has 0 unspecified atom stereocenters. The smallest absolute Gasteiger partial charge is 0.224 e. The van der Waals surface area contributed by atoms with Crippen molar-refractivity contribution in [3.63, 3.8) is 0 Å². The van der Waals surface area contributed by atoms with Gasteiger partial charge in [0.15, 0.2) is 0 Å². The van der Waals surface area contributed by atoms with Crippen LogP contribution >= 0.6 is 12.4 Å². The number of carbonyl (C=O) groups excluding carboxylic acids is 1. The number of benzene rings is 1. The summed E-state index contributed by atoms with van der Waals surface area (Å²) in [5, 5.41) is 11.8. The fourth-order valence-corrected chi connectivity index (χ4v) is 3.13. The summed E-state index contributed by atoms with van der Waals surface area (Å²) in [5.41, 5.74) is 1.93. The van der Waals surface area contributed by atoms with Crippen LogP contribution in [0.25, 0.3) is 10.9 Å². The highest BCUT2D eigenvalue weighted by Gasteiger charge is 2.14. The third-order valence-electron chi connectivity index (χ3n) is 4.47. The van der Waals surface area contributed by atoms with Gasteiger partial charge in [-0.2, -0.15) is 5.10 Å². The van der Waals surface area contributed by atoms with Crippen molar-refractivity contribution >= 4 is 34.9 Å². The highest BCUT2D eigenvalue weighted by atomic mass is 35.5. The average molecular weight is 337 g/mol. The lowest BCUT2D eigenvalue weighted by Crippen LogP contribution is -2.28. The number of aryl methyl sites for hydroxylation is 1. The van der Waals surface area contributed by atoms with Crippen molar-refractivity contribution in [1.82, 2.24) is 15.1 Å². The largest absolute Gasteiger partial charge is 0.326 e. The van der Waals surface area contributed by atoms with Crippen LogP contribution in [-0.2, 0) is 11.3 Å². The topological polar surface area (TPSA) is 59.0 Å². The van der Waals surface area contributed by atoms with Crippen molar-refractivity contribution in [2.24, 2.45) is 5.92 Å². The van der Waals surface area contributed by atoms with Gasteiger partial charge in [-0.3, -0.25) is 9.48 Å². The molecule has 2 aromatic rings. The maximum absolute atomic E-state index is 12.1. The second kappa shape index (κ2) is 8.31. The molecule has 3 rings (SSSR count). The Kier molecular flexibility index (Phi) is 6.42. The van der Waals surface area contributed by atoms with Crippen LogP contribution in [0, 0.1) is 5.92 Å². The standard InChI is InChI=1S/C17H24N4O.ClH/c1-2-21-16-11-15(5-4-14(16)12-19-21)20-17(22)6-3-13-7-9-18-10-8-13;/h4-5,11-13,18H,2-3,6-10H2,1H3,(H,20,22);1H. The number of piperidine rings is 1. The summed E-state index contributed by atoms with van der Waals surface area (Å²) < 4.78 is 1.94. The van der Waals surface area contributed by atoms with Gasteiger partial charge in [0.2, 0.25) is 5.91 Å². The number of aromatic nitrogens is 2. The van der Waals surface area contributed by atoms with Gasteiger partial charge in [-0.1, -0.05) is 0 Å². The third kappa shape index (κ3) is 4.45. The predicted molar refractivity (Wildman–Crippen MR) is 96.1 cm³/mol. The molecule has 0 aliphatic carbocycles. The Hall–Kier alpha value is -1.59. The number of nitrogens with zero attached hydrogens (tertiary/aromatic N) is 2. The second-order valence-electron chi connectivity index (χ2n) is 6.01.